The summed E-state index contributed by atoms with van der Waals surface area (Å²) in [5, 5.41) is 12.3. The van der Waals surface area contributed by atoms with Crippen LogP contribution in [0.15, 0.2) is 199 Å². The van der Waals surface area contributed by atoms with E-state index < -0.39 is 0 Å². The predicted octanol–water partition coefficient (Wildman–Crippen LogP) is 14.9. The quantitative estimate of drug-likeness (QED) is 0.134. The highest BCUT2D eigenvalue weighted by atomic mass is 16.3. The lowest BCUT2D eigenvalue weighted by Gasteiger charge is -2.18. The average Bonchev–Trinajstić information content (AvgIpc) is 3.61. The molecule has 10 aromatic carbocycles. The third kappa shape index (κ3) is 4.58. The SMILES string of the molecule is c1ccc(-c2c3ccccc3c(-c3ccc(-c4ccc5oc6ccccc6c5c4-c4cc5ccccc5c5ccccc45)cc3)c3ccccc23)cc1. The van der Waals surface area contributed by atoms with Gasteiger partial charge in [0, 0.05) is 16.3 Å². The van der Waals surface area contributed by atoms with Gasteiger partial charge in [-0.15, -0.1) is 0 Å². The van der Waals surface area contributed by atoms with Crippen molar-refractivity contribution in [3.63, 3.8) is 0 Å². The lowest BCUT2D eigenvalue weighted by Crippen LogP contribution is -1.92. The summed E-state index contributed by atoms with van der Waals surface area (Å²) >= 11 is 0. The molecule has 11 aromatic rings. The van der Waals surface area contributed by atoms with Crippen molar-refractivity contribution in [2.75, 3.05) is 0 Å². The largest absolute Gasteiger partial charge is 0.456 e. The van der Waals surface area contributed by atoms with Gasteiger partial charge in [-0.05, 0) is 100 Å². The fraction of sp³-hybridized carbons (Fsp3) is 0. The van der Waals surface area contributed by atoms with Crippen LogP contribution in [0.5, 0.6) is 0 Å². The van der Waals surface area contributed by atoms with Crippen LogP contribution in [0, 0.1) is 0 Å². The molecule has 53 heavy (non-hydrogen) atoms. The summed E-state index contributed by atoms with van der Waals surface area (Å²) in [5.74, 6) is 0. The summed E-state index contributed by atoms with van der Waals surface area (Å²) in [6.45, 7) is 0. The van der Waals surface area contributed by atoms with Crippen molar-refractivity contribution >= 4 is 65.0 Å². The molecule has 0 aliphatic heterocycles. The van der Waals surface area contributed by atoms with Gasteiger partial charge in [0.05, 0.1) is 0 Å². The van der Waals surface area contributed by atoms with Gasteiger partial charge in [0.2, 0.25) is 0 Å². The first-order valence-electron chi connectivity index (χ1n) is 18.3. The molecule has 0 aliphatic carbocycles. The van der Waals surface area contributed by atoms with Crippen molar-refractivity contribution in [1.82, 2.24) is 0 Å². The fourth-order valence-electron chi connectivity index (χ4n) is 8.77. The topological polar surface area (TPSA) is 13.1 Å². The first-order chi connectivity index (χ1) is 26.3. The van der Waals surface area contributed by atoms with E-state index in [1.165, 1.54) is 87.6 Å². The minimum absolute atomic E-state index is 0.898. The van der Waals surface area contributed by atoms with Crippen LogP contribution >= 0.6 is 0 Å². The second kappa shape index (κ2) is 11.8. The summed E-state index contributed by atoms with van der Waals surface area (Å²) in [5.41, 5.74) is 11.5. The molecule has 11 rings (SSSR count). The molecule has 0 saturated carbocycles. The molecule has 0 unspecified atom stereocenters. The molecule has 0 radical (unpaired) electrons. The number of hydrogen-bond donors (Lipinski definition) is 0. The van der Waals surface area contributed by atoms with Crippen molar-refractivity contribution in [3.05, 3.63) is 194 Å². The second-order valence-electron chi connectivity index (χ2n) is 13.9. The number of furan rings is 1. The van der Waals surface area contributed by atoms with E-state index in [0.717, 1.165) is 21.9 Å². The minimum Gasteiger partial charge on any atom is -0.456 e. The molecule has 0 N–H and O–H groups in total. The molecule has 0 aliphatic rings. The first kappa shape index (κ1) is 29.7. The van der Waals surface area contributed by atoms with Crippen LogP contribution < -0.4 is 0 Å². The van der Waals surface area contributed by atoms with Crippen LogP contribution in [0.3, 0.4) is 0 Å². The van der Waals surface area contributed by atoms with Crippen LogP contribution in [0.1, 0.15) is 0 Å². The normalized spacial score (nSPS) is 11.8. The standard InChI is InChI=1S/C52H32O/c1-2-14-34(15-3-1)49-41-20-8-10-22-43(41)50(44-23-11-9-21-42(44)49)35-28-26-33(27-29-35)38-30-31-48-52(45-24-12-13-25-47(45)53-48)51(38)46-32-36-16-4-5-17-37(36)39-18-6-7-19-40(39)46/h1-32H. The van der Waals surface area contributed by atoms with Crippen molar-refractivity contribution < 1.29 is 4.42 Å². The van der Waals surface area contributed by atoms with E-state index >= 15 is 0 Å². The average molecular weight is 673 g/mol. The van der Waals surface area contributed by atoms with Gasteiger partial charge in [0.15, 0.2) is 0 Å². The number of benzene rings is 10. The van der Waals surface area contributed by atoms with Gasteiger partial charge >= 0.3 is 0 Å². The number of para-hydroxylation sites is 1. The van der Waals surface area contributed by atoms with Crippen LogP contribution in [-0.4, -0.2) is 0 Å². The van der Waals surface area contributed by atoms with E-state index in [1.54, 1.807) is 0 Å². The molecule has 1 aromatic heterocycles. The van der Waals surface area contributed by atoms with E-state index in [0.29, 0.717) is 0 Å². The Kier molecular flexibility index (Phi) is 6.62. The molecule has 1 heteroatoms. The zero-order chi connectivity index (χ0) is 34.9. The molecule has 0 atom stereocenters. The molecule has 0 saturated heterocycles. The van der Waals surface area contributed by atoms with Gasteiger partial charge in [-0.2, -0.15) is 0 Å². The molecule has 0 bridgehead atoms. The summed E-state index contributed by atoms with van der Waals surface area (Å²) < 4.78 is 6.51. The van der Waals surface area contributed by atoms with Crippen LogP contribution in [0.4, 0.5) is 0 Å². The van der Waals surface area contributed by atoms with Gasteiger partial charge in [0.25, 0.3) is 0 Å². The van der Waals surface area contributed by atoms with Crippen LogP contribution in [0.25, 0.3) is 110 Å². The zero-order valence-electron chi connectivity index (χ0n) is 28.9. The molecular formula is C52H32O. The number of hydrogen-bond acceptors (Lipinski definition) is 1. The van der Waals surface area contributed by atoms with E-state index in [4.69, 9.17) is 4.42 Å². The fourth-order valence-corrected chi connectivity index (χ4v) is 8.77. The highest BCUT2D eigenvalue weighted by molar-refractivity contribution is 6.23. The van der Waals surface area contributed by atoms with Gasteiger partial charge in [-0.1, -0.05) is 176 Å². The van der Waals surface area contributed by atoms with E-state index in [9.17, 15) is 0 Å². The van der Waals surface area contributed by atoms with Crippen LogP contribution in [0.2, 0.25) is 0 Å². The van der Waals surface area contributed by atoms with Crippen molar-refractivity contribution in [3.8, 4) is 44.5 Å². The molecule has 246 valence electrons. The maximum absolute atomic E-state index is 6.51. The molecule has 0 fully saturated rings. The Labute approximate surface area is 307 Å². The third-order valence-electron chi connectivity index (χ3n) is 11.1. The molecular weight excluding hydrogens is 641 g/mol. The van der Waals surface area contributed by atoms with Gasteiger partial charge in [-0.25, -0.2) is 0 Å². The number of fused-ring (bicyclic) bond motifs is 8. The van der Waals surface area contributed by atoms with Gasteiger partial charge in [-0.3, -0.25) is 0 Å². The smallest absolute Gasteiger partial charge is 0.136 e. The third-order valence-corrected chi connectivity index (χ3v) is 11.1. The summed E-state index contributed by atoms with van der Waals surface area (Å²) in [6.07, 6.45) is 0. The van der Waals surface area contributed by atoms with Crippen molar-refractivity contribution in [2.24, 2.45) is 0 Å². The Hall–Kier alpha value is -6.96. The molecule has 1 heterocycles. The molecule has 1 nitrogen and oxygen atoms in total. The van der Waals surface area contributed by atoms with Gasteiger partial charge in [0.1, 0.15) is 11.2 Å². The predicted molar refractivity (Wildman–Crippen MR) is 225 cm³/mol. The Morgan fingerprint density at radius 2 is 0.755 bits per heavy atom. The minimum atomic E-state index is 0.898. The molecule has 0 amide bonds. The highest BCUT2D eigenvalue weighted by Crippen LogP contribution is 2.48. The summed E-state index contributed by atoms with van der Waals surface area (Å²) in [6, 6.07) is 70.5. The number of rotatable bonds is 4. The molecule has 0 spiro atoms. The monoisotopic (exact) mass is 672 g/mol. The first-order valence-corrected chi connectivity index (χ1v) is 18.3. The van der Waals surface area contributed by atoms with Crippen LogP contribution in [-0.2, 0) is 0 Å². The Morgan fingerprint density at radius 1 is 0.264 bits per heavy atom. The summed E-state index contributed by atoms with van der Waals surface area (Å²) in [7, 11) is 0. The zero-order valence-corrected chi connectivity index (χ0v) is 28.9. The van der Waals surface area contributed by atoms with Gasteiger partial charge < -0.3 is 4.42 Å². The Bertz CT molecular complexity index is 3150. The lowest BCUT2D eigenvalue weighted by molar-refractivity contribution is 0.669. The summed E-state index contributed by atoms with van der Waals surface area (Å²) in [4.78, 5) is 0. The van der Waals surface area contributed by atoms with E-state index in [2.05, 4.69) is 194 Å². The maximum Gasteiger partial charge on any atom is 0.136 e. The van der Waals surface area contributed by atoms with Crippen molar-refractivity contribution in [2.45, 2.75) is 0 Å². The highest BCUT2D eigenvalue weighted by Gasteiger charge is 2.21. The Morgan fingerprint density at radius 3 is 1.42 bits per heavy atom. The van der Waals surface area contributed by atoms with E-state index in [-0.39, 0.29) is 0 Å². The van der Waals surface area contributed by atoms with Crippen molar-refractivity contribution in [1.29, 1.82) is 0 Å². The van der Waals surface area contributed by atoms with E-state index in [1.807, 2.05) is 0 Å². The Balaban J connectivity index is 1.17. The lowest BCUT2D eigenvalue weighted by atomic mass is 9.84. The maximum atomic E-state index is 6.51. The second-order valence-corrected chi connectivity index (χ2v) is 13.9.